The third-order valence-electron chi connectivity index (χ3n) is 3.01. The van der Waals surface area contributed by atoms with Gasteiger partial charge in [-0.2, -0.15) is 11.8 Å². The molecule has 0 bridgehead atoms. The van der Waals surface area contributed by atoms with Crippen molar-refractivity contribution in [1.82, 2.24) is 9.88 Å². The van der Waals surface area contributed by atoms with Gasteiger partial charge in [0.2, 0.25) is 0 Å². The average Bonchev–Trinajstić information content (AvgIpc) is 2.44. The molecule has 106 valence electrons. The van der Waals surface area contributed by atoms with Gasteiger partial charge in [0.05, 0.1) is 17.4 Å². The summed E-state index contributed by atoms with van der Waals surface area (Å²) in [5, 5.41) is 3.25. The number of thioether (sulfide) groups is 1. The van der Waals surface area contributed by atoms with Gasteiger partial charge in [-0.3, -0.25) is 9.78 Å². The first-order valence-corrected chi connectivity index (χ1v) is 7.95. The first kappa shape index (κ1) is 15.8. The Hall–Kier alpha value is -1.23. The Morgan fingerprint density at radius 1 is 1.58 bits per heavy atom. The van der Waals surface area contributed by atoms with Crippen molar-refractivity contribution in [2.75, 3.05) is 30.9 Å². The number of hydrogen-bond acceptors (Lipinski definition) is 4. The molecular formula is C14H23N3OS. The SMILES string of the molecule is CCCNc1cnccc1C(=O)N(C)C(C)CSC. The molecule has 1 amide bonds. The van der Waals surface area contributed by atoms with Crippen LogP contribution in [0, 0.1) is 0 Å². The highest BCUT2D eigenvalue weighted by molar-refractivity contribution is 7.98. The van der Waals surface area contributed by atoms with E-state index in [1.54, 1.807) is 35.1 Å². The molecule has 0 radical (unpaired) electrons. The molecule has 1 aromatic heterocycles. The zero-order valence-corrected chi connectivity index (χ0v) is 13.0. The molecule has 1 heterocycles. The highest BCUT2D eigenvalue weighted by Gasteiger charge is 2.19. The molecule has 0 spiro atoms. The molecule has 1 atom stereocenters. The van der Waals surface area contributed by atoms with Crippen LogP contribution in [-0.2, 0) is 0 Å². The van der Waals surface area contributed by atoms with Crippen molar-refractivity contribution < 1.29 is 4.79 Å². The molecule has 0 saturated heterocycles. The van der Waals surface area contributed by atoms with Gasteiger partial charge in [0.15, 0.2) is 0 Å². The number of nitrogens with zero attached hydrogens (tertiary/aromatic N) is 2. The quantitative estimate of drug-likeness (QED) is 0.834. The minimum atomic E-state index is 0.0440. The monoisotopic (exact) mass is 281 g/mol. The molecule has 0 aliphatic heterocycles. The molecule has 5 heteroatoms. The van der Waals surface area contributed by atoms with Crippen molar-refractivity contribution >= 4 is 23.4 Å². The minimum absolute atomic E-state index is 0.0440. The molecule has 0 aliphatic carbocycles. The van der Waals surface area contributed by atoms with E-state index in [2.05, 4.69) is 30.4 Å². The fourth-order valence-electron chi connectivity index (χ4n) is 1.72. The molecule has 0 aliphatic rings. The Morgan fingerprint density at radius 3 is 2.95 bits per heavy atom. The Balaban J connectivity index is 2.86. The summed E-state index contributed by atoms with van der Waals surface area (Å²) in [5.74, 6) is 0.980. The fraction of sp³-hybridized carbons (Fsp3) is 0.571. The highest BCUT2D eigenvalue weighted by Crippen LogP contribution is 2.17. The van der Waals surface area contributed by atoms with E-state index in [9.17, 15) is 4.79 Å². The Kier molecular flexibility index (Phi) is 6.70. The normalized spacial score (nSPS) is 12.0. The van der Waals surface area contributed by atoms with E-state index in [0.29, 0.717) is 5.56 Å². The third-order valence-corrected chi connectivity index (χ3v) is 3.82. The van der Waals surface area contributed by atoms with Crippen molar-refractivity contribution in [2.24, 2.45) is 0 Å². The fourth-order valence-corrected chi connectivity index (χ4v) is 2.43. The molecule has 1 N–H and O–H groups in total. The lowest BCUT2D eigenvalue weighted by Gasteiger charge is -2.25. The van der Waals surface area contributed by atoms with Crippen LogP contribution in [0.3, 0.4) is 0 Å². The summed E-state index contributed by atoms with van der Waals surface area (Å²) in [4.78, 5) is 18.4. The first-order chi connectivity index (χ1) is 9.11. The maximum absolute atomic E-state index is 12.5. The highest BCUT2D eigenvalue weighted by atomic mass is 32.2. The van der Waals surface area contributed by atoms with Gasteiger partial charge in [-0.15, -0.1) is 0 Å². The van der Waals surface area contributed by atoms with Crippen molar-refractivity contribution in [3.63, 3.8) is 0 Å². The van der Waals surface area contributed by atoms with Gasteiger partial charge < -0.3 is 10.2 Å². The lowest BCUT2D eigenvalue weighted by atomic mass is 10.2. The second-order valence-electron chi connectivity index (χ2n) is 4.57. The van der Waals surface area contributed by atoms with Crippen LogP contribution >= 0.6 is 11.8 Å². The van der Waals surface area contributed by atoms with Crippen LogP contribution in [0.2, 0.25) is 0 Å². The van der Waals surface area contributed by atoms with Gasteiger partial charge in [-0.05, 0) is 25.7 Å². The van der Waals surface area contributed by atoms with Gasteiger partial charge in [-0.1, -0.05) is 6.92 Å². The predicted molar refractivity (Wildman–Crippen MR) is 83.0 cm³/mol. The molecule has 19 heavy (non-hydrogen) atoms. The number of aromatic nitrogens is 1. The molecule has 0 saturated carbocycles. The molecule has 0 fully saturated rings. The van der Waals surface area contributed by atoms with Crippen molar-refractivity contribution in [1.29, 1.82) is 0 Å². The van der Waals surface area contributed by atoms with Gasteiger partial charge in [0, 0.05) is 31.6 Å². The average molecular weight is 281 g/mol. The number of hydrogen-bond donors (Lipinski definition) is 1. The third kappa shape index (κ3) is 4.42. The number of anilines is 1. The van der Waals surface area contributed by atoms with E-state index in [4.69, 9.17) is 0 Å². The van der Waals surface area contributed by atoms with Crippen LogP contribution in [0.25, 0.3) is 0 Å². The smallest absolute Gasteiger partial charge is 0.256 e. The van der Waals surface area contributed by atoms with E-state index in [1.807, 2.05) is 7.05 Å². The Bertz CT molecular complexity index is 411. The van der Waals surface area contributed by atoms with Gasteiger partial charge >= 0.3 is 0 Å². The molecule has 1 unspecified atom stereocenters. The molecular weight excluding hydrogens is 258 g/mol. The zero-order valence-electron chi connectivity index (χ0n) is 12.1. The number of carbonyl (C=O) groups is 1. The summed E-state index contributed by atoms with van der Waals surface area (Å²) in [6.45, 7) is 5.00. The maximum Gasteiger partial charge on any atom is 0.256 e. The van der Waals surface area contributed by atoms with Crippen LogP contribution in [0.5, 0.6) is 0 Å². The van der Waals surface area contributed by atoms with E-state index in [-0.39, 0.29) is 11.9 Å². The van der Waals surface area contributed by atoms with Crippen LogP contribution in [0.1, 0.15) is 30.6 Å². The molecule has 4 nitrogen and oxygen atoms in total. The van der Waals surface area contributed by atoms with Crippen LogP contribution in [0.15, 0.2) is 18.5 Å². The largest absolute Gasteiger partial charge is 0.383 e. The van der Waals surface area contributed by atoms with E-state index >= 15 is 0 Å². The predicted octanol–water partition coefficient (Wildman–Crippen LogP) is 2.73. The number of pyridine rings is 1. The Morgan fingerprint density at radius 2 is 2.32 bits per heavy atom. The lowest BCUT2D eigenvalue weighted by Crippen LogP contribution is -2.37. The van der Waals surface area contributed by atoms with Crippen molar-refractivity contribution in [3.8, 4) is 0 Å². The van der Waals surface area contributed by atoms with Gasteiger partial charge in [0.25, 0.3) is 5.91 Å². The maximum atomic E-state index is 12.5. The number of carbonyl (C=O) groups excluding carboxylic acids is 1. The standard InChI is InChI=1S/C14H23N3OS/c1-5-7-16-13-9-15-8-6-12(13)14(18)17(3)11(2)10-19-4/h6,8-9,11,16H,5,7,10H2,1-4H3. The van der Waals surface area contributed by atoms with Crippen LogP contribution in [-0.4, -0.2) is 47.4 Å². The van der Waals surface area contributed by atoms with Gasteiger partial charge in [0.1, 0.15) is 0 Å². The molecule has 1 rings (SSSR count). The molecule has 0 aromatic carbocycles. The second-order valence-corrected chi connectivity index (χ2v) is 5.48. The number of amides is 1. The summed E-state index contributed by atoms with van der Waals surface area (Å²) in [6.07, 6.45) is 6.45. The Labute approximate surface area is 120 Å². The summed E-state index contributed by atoms with van der Waals surface area (Å²) < 4.78 is 0. The summed E-state index contributed by atoms with van der Waals surface area (Å²) >= 11 is 1.75. The minimum Gasteiger partial charge on any atom is -0.383 e. The van der Waals surface area contributed by atoms with E-state index < -0.39 is 0 Å². The van der Waals surface area contributed by atoms with E-state index in [1.165, 1.54) is 0 Å². The van der Waals surface area contributed by atoms with Crippen molar-refractivity contribution in [2.45, 2.75) is 26.3 Å². The van der Waals surface area contributed by atoms with Crippen LogP contribution in [0.4, 0.5) is 5.69 Å². The zero-order chi connectivity index (χ0) is 14.3. The summed E-state index contributed by atoms with van der Waals surface area (Å²) in [5.41, 5.74) is 1.51. The second kappa shape index (κ2) is 8.04. The summed E-state index contributed by atoms with van der Waals surface area (Å²) in [7, 11) is 1.85. The number of nitrogens with one attached hydrogen (secondary N) is 1. The van der Waals surface area contributed by atoms with E-state index in [0.717, 1.165) is 24.4 Å². The topological polar surface area (TPSA) is 45.2 Å². The first-order valence-electron chi connectivity index (χ1n) is 6.55. The van der Waals surface area contributed by atoms with Gasteiger partial charge in [-0.25, -0.2) is 0 Å². The molecule has 1 aromatic rings. The van der Waals surface area contributed by atoms with Crippen molar-refractivity contribution in [3.05, 3.63) is 24.0 Å². The number of rotatable bonds is 7. The summed E-state index contributed by atoms with van der Waals surface area (Å²) in [6, 6.07) is 2.00. The van der Waals surface area contributed by atoms with Crippen LogP contribution < -0.4 is 5.32 Å². The lowest BCUT2D eigenvalue weighted by molar-refractivity contribution is 0.0758.